The lowest BCUT2D eigenvalue weighted by Gasteiger charge is -2.17. The van der Waals surface area contributed by atoms with Crippen LogP contribution in [-0.4, -0.2) is 28.9 Å². The molecule has 2 aromatic heterocycles. The average molecular weight is 503 g/mol. The second-order valence-electron chi connectivity index (χ2n) is 7.56. The number of rotatable bonds is 4. The number of halogens is 4. The predicted molar refractivity (Wildman–Crippen MR) is 112 cm³/mol. The monoisotopic (exact) mass is 502 g/mol. The van der Waals surface area contributed by atoms with Crippen molar-refractivity contribution in [3.05, 3.63) is 52.9 Å². The van der Waals surface area contributed by atoms with Gasteiger partial charge in [-0.3, -0.25) is 9.71 Å². The summed E-state index contributed by atoms with van der Waals surface area (Å²) in [5.74, 6) is 0.607. The molecule has 0 atom stereocenters. The van der Waals surface area contributed by atoms with E-state index >= 15 is 0 Å². The van der Waals surface area contributed by atoms with Crippen LogP contribution in [0.25, 0.3) is 22.6 Å². The fourth-order valence-corrected chi connectivity index (χ4v) is 3.76. The van der Waals surface area contributed by atoms with Gasteiger partial charge in [-0.15, -0.1) is 0 Å². The van der Waals surface area contributed by atoms with E-state index in [1.54, 1.807) is 12.4 Å². The number of alkyl halides is 3. The van der Waals surface area contributed by atoms with Gasteiger partial charge in [0.15, 0.2) is 0 Å². The quantitative estimate of drug-likeness (QED) is 0.495. The van der Waals surface area contributed by atoms with Gasteiger partial charge in [-0.2, -0.15) is 21.6 Å². The Kier molecular flexibility index (Phi) is 5.72. The first kappa shape index (κ1) is 22.3. The number of hydrogen-bond donors (Lipinski definition) is 2. The van der Waals surface area contributed by atoms with Gasteiger partial charge in [0, 0.05) is 39.1 Å². The van der Waals surface area contributed by atoms with E-state index < -0.39 is 15.5 Å². The molecule has 3 aromatic rings. The molecule has 0 amide bonds. The number of hydrogen-bond acceptors (Lipinski definition) is 4. The van der Waals surface area contributed by atoms with Crippen LogP contribution in [0.15, 0.2) is 47.2 Å². The smallest absolute Gasteiger partial charge is 0.344 e. The Morgan fingerprint density at radius 2 is 1.77 bits per heavy atom. The number of nitrogens with one attached hydrogen (secondary N) is 2. The Morgan fingerprint density at radius 3 is 2.37 bits per heavy atom. The maximum atomic E-state index is 12.6. The highest BCUT2D eigenvalue weighted by Crippen LogP contribution is 2.33. The maximum Gasteiger partial charge on any atom is 0.516 e. The maximum absolute atomic E-state index is 12.6. The summed E-state index contributed by atoms with van der Waals surface area (Å²) >= 11 is 3.11. The predicted octanol–water partition coefficient (Wildman–Crippen LogP) is 5.46. The molecule has 1 aromatic carbocycles. The van der Waals surface area contributed by atoms with Crippen molar-refractivity contribution in [2.45, 2.75) is 31.7 Å². The number of sulfonamides is 1. The number of imidazole rings is 1. The summed E-state index contributed by atoms with van der Waals surface area (Å²) in [5, 5.41) is 0. The lowest BCUT2D eigenvalue weighted by Crippen LogP contribution is -2.30. The van der Waals surface area contributed by atoms with Gasteiger partial charge in [0.2, 0.25) is 0 Å². The normalized spacial score (nSPS) is 12.8. The van der Waals surface area contributed by atoms with Gasteiger partial charge in [0.25, 0.3) is 0 Å². The molecular formula is C19H18BrF3N4O2S. The summed E-state index contributed by atoms with van der Waals surface area (Å²) in [4.78, 5) is 12.0. The summed E-state index contributed by atoms with van der Waals surface area (Å²) in [6.45, 7) is 6.16. The standard InChI is InChI=1S/C19H18BrF3N4O2S/c1-18(2,3)16-9-12(6-7-24-16)17-25-10-15(26-17)11-4-5-14(13(20)8-11)27-30(28,29)19(21,22)23/h4-10,27H,1-3H3,(H,25,26). The molecule has 160 valence electrons. The van der Waals surface area contributed by atoms with Gasteiger partial charge in [0.05, 0.1) is 11.4 Å². The van der Waals surface area contributed by atoms with Crippen molar-refractivity contribution in [3.8, 4) is 22.6 Å². The Bertz CT molecular complexity index is 1180. The Labute approximate surface area is 180 Å². The van der Waals surface area contributed by atoms with E-state index in [0.29, 0.717) is 17.1 Å². The van der Waals surface area contributed by atoms with Crippen LogP contribution in [0.2, 0.25) is 0 Å². The second-order valence-corrected chi connectivity index (χ2v) is 10.1. The molecule has 0 spiro atoms. The van der Waals surface area contributed by atoms with Crippen molar-refractivity contribution in [3.63, 3.8) is 0 Å². The van der Waals surface area contributed by atoms with Crippen molar-refractivity contribution in [2.24, 2.45) is 0 Å². The summed E-state index contributed by atoms with van der Waals surface area (Å²) in [7, 11) is -5.51. The van der Waals surface area contributed by atoms with Crippen molar-refractivity contribution in [1.82, 2.24) is 15.0 Å². The van der Waals surface area contributed by atoms with Crippen LogP contribution >= 0.6 is 15.9 Å². The first-order chi connectivity index (χ1) is 13.8. The highest BCUT2D eigenvalue weighted by Gasteiger charge is 2.46. The summed E-state index contributed by atoms with van der Waals surface area (Å²) in [6, 6.07) is 7.96. The average Bonchev–Trinajstić information content (AvgIpc) is 3.12. The highest BCUT2D eigenvalue weighted by molar-refractivity contribution is 9.10. The summed E-state index contributed by atoms with van der Waals surface area (Å²) in [5.41, 5.74) is -2.88. The van der Waals surface area contributed by atoms with Gasteiger partial charge < -0.3 is 4.98 Å². The van der Waals surface area contributed by atoms with E-state index in [4.69, 9.17) is 0 Å². The lowest BCUT2D eigenvalue weighted by atomic mass is 9.91. The molecule has 2 N–H and O–H groups in total. The molecule has 0 unspecified atom stereocenters. The van der Waals surface area contributed by atoms with Crippen molar-refractivity contribution in [1.29, 1.82) is 0 Å². The van der Waals surface area contributed by atoms with E-state index in [2.05, 4.69) is 51.7 Å². The highest BCUT2D eigenvalue weighted by atomic mass is 79.9. The van der Waals surface area contributed by atoms with Crippen molar-refractivity contribution >= 4 is 31.6 Å². The van der Waals surface area contributed by atoms with Crippen LogP contribution in [0.3, 0.4) is 0 Å². The molecule has 0 fully saturated rings. The zero-order valence-electron chi connectivity index (χ0n) is 16.2. The molecule has 0 saturated carbocycles. The zero-order chi connectivity index (χ0) is 22.3. The summed E-state index contributed by atoms with van der Waals surface area (Å²) in [6.07, 6.45) is 3.37. The minimum Gasteiger partial charge on any atom is -0.344 e. The number of nitrogens with zero attached hydrogens (tertiary/aromatic N) is 2. The number of benzene rings is 1. The molecule has 0 aliphatic heterocycles. The number of H-pyrrole nitrogens is 1. The first-order valence-corrected chi connectivity index (χ1v) is 11.0. The van der Waals surface area contributed by atoms with Crippen LogP contribution in [0.1, 0.15) is 26.5 Å². The molecule has 2 heterocycles. The molecular weight excluding hydrogens is 485 g/mol. The van der Waals surface area contributed by atoms with Gasteiger partial charge in [-0.05, 0) is 40.2 Å². The number of pyridine rings is 1. The largest absolute Gasteiger partial charge is 0.516 e. The van der Waals surface area contributed by atoms with Crippen LogP contribution in [0, 0.1) is 0 Å². The van der Waals surface area contributed by atoms with E-state index in [0.717, 1.165) is 11.3 Å². The minimum absolute atomic E-state index is 0.129. The Balaban J connectivity index is 1.89. The number of aromatic amines is 1. The Morgan fingerprint density at radius 1 is 1.07 bits per heavy atom. The molecule has 30 heavy (non-hydrogen) atoms. The minimum atomic E-state index is -5.51. The molecule has 0 bridgehead atoms. The molecule has 0 aliphatic carbocycles. The third-order valence-electron chi connectivity index (χ3n) is 4.19. The van der Waals surface area contributed by atoms with Gasteiger partial charge in [-0.1, -0.05) is 26.8 Å². The summed E-state index contributed by atoms with van der Waals surface area (Å²) < 4.78 is 62.0. The zero-order valence-corrected chi connectivity index (χ0v) is 18.6. The number of anilines is 1. The van der Waals surface area contributed by atoms with E-state index in [1.807, 2.05) is 12.1 Å². The van der Waals surface area contributed by atoms with Crippen LogP contribution in [0.4, 0.5) is 18.9 Å². The lowest BCUT2D eigenvalue weighted by molar-refractivity contribution is -0.0429. The molecule has 0 saturated heterocycles. The Hall–Kier alpha value is -2.40. The second kappa shape index (κ2) is 7.69. The van der Waals surface area contributed by atoms with E-state index in [1.165, 1.54) is 22.9 Å². The number of aromatic nitrogens is 3. The van der Waals surface area contributed by atoms with Crippen LogP contribution in [-0.2, 0) is 15.4 Å². The molecule has 0 radical (unpaired) electrons. The van der Waals surface area contributed by atoms with E-state index in [9.17, 15) is 21.6 Å². The van der Waals surface area contributed by atoms with Gasteiger partial charge in [0.1, 0.15) is 5.82 Å². The van der Waals surface area contributed by atoms with Crippen molar-refractivity contribution < 1.29 is 21.6 Å². The molecule has 0 aliphatic rings. The molecule has 6 nitrogen and oxygen atoms in total. The molecule has 3 rings (SSSR count). The fraction of sp³-hybridized carbons (Fsp3) is 0.263. The van der Waals surface area contributed by atoms with E-state index in [-0.39, 0.29) is 15.6 Å². The van der Waals surface area contributed by atoms with Crippen LogP contribution < -0.4 is 4.72 Å². The fourth-order valence-electron chi connectivity index (χ4n) is 2.57. The van der Waals surface area contributed by atoms with Gasteiger partial charge in [-0.25, -0.2) is 4.98 Å². The molecule has 11 heteroatoms. The third-order valence-corrected chi connectivity index (χ3v) is 5.95. The van der Waals surface area contributed by atoms with Crippen LogP contribution in [0.5, 0.6) is 0 Å². The first-order valence-electron chi connectivity index (χ1n) is 8.69. The van der Waals surface area contributed by atoms with Gasteiger partial charge >= 0.3 is 15.5 Å². The topological polar surface area (TPSA) is 87.7 Å². The SMILES string of the molecule is CC(C)(C)c1cc(-c2nc(-c3ccc(NS(=O)(=O)C(F)(F)F)c(Br)c3)c[nH]2)ccn1. The van der Waals surface area contributed by atoms with Crippen molar-refractivity contribution in [2.75, 3.05) is 4.72 Å². The third kappa shape index (κ3) is 4.67.